The maximum absolute atomic E-state index is 12.3. The largest absolute Gasteiger partial charge is 0.482 e. The second-order valence-corrected chi connectivity index (χ2v) is 5.47. The van der Waals surface area contributed by atoms with Gasteiger partial charge in [0, 0.05) is 11.6 Å². The first-order chi connectivity index (χ1) is 10.6. The maximum atomic E-state index is 12.3. The number of hydrogen-bond acceptors (Lipinski definition) is 3. The molecule has 0 saturated heterocycles. The van der Waals surface area contributed by atoms with Crippen LogP contribution in [0.3, 0.4) is 0 Å². The molecule has 0 fully saturated rings. The molecule has 22 heavy (non-hydrogen) atoms. The van der Waals surface area contributed by atoms with E-state index in [0.29, 0.717) is 5.75 Å². The predicted molar refractivity (Wildman–Crippen MR) is 84.0 cm³/mol. The van der Waals surface area contributed by atoms with Gasteiger partial charge in [-0.1, -0.05) is 12.2 Å². The summed E-state index contributed by atoms with van der Waals surface area (Å²) in [6.45, 7) is 1.48. The summed E-state index contributed by atoms with van der Waals surface area (Å²) in [4.78, 5) is 22.8. The van der Waals surface area contributed by atoms with Crippen molar-refractivity contribution in [2.45, 2.75) is 32.6 Å². The van der Waals surface area contributed by atoms with Crippen molar-refractivity contribution in [1.29, 1.82) is 0 Å². The summed E-state index contributed by atoms with van der Waals surface area (Å²) < 4.78 is 5.12. The molecule has 0 spiro atoms. The van der Waals surface area contributed by atoms with Crippen molar-refractivity contribution in [3.8, 4) is 5.75 Å². The average molecular weight is 303 g/mol. The van der Waals surface area contributed by atoms with Gasteiger partial charge in [0.1, 0.15) is 5.75 Å². The summed E-state index contributed by atoms with van der Waals surface area (Å²) in [5.74, 6) is -0.447. The minimum atomic E-state index is -1.02. The molecule has 1 aliphatic carbocycles. The van der Waals surface area contributed by atoms with E-state index in [1.807, 2.05) is 6.92 Å². The Morgan fingerprint density at radius 2 is 1.95 bits per heavy atom. The van der Waals surface area contributed by atoms with Gasteiger partial charge >= 0.3 is 5.97 Å². The fraction of sp³-hybridized carbons (Fsp3) is 0.412. The average Bonchev–Trinajstić information content (AvgIpc) is 2.76. The number of carbonyl (C=O) groups is 2. The van der Waals surface area contributed by atoms with Gasteiger partial charge in [-0.05, 0) is 56.4 Å². The number of ether oxygens (including phenoxy) is 1. The molecule has 1 aromatic rings. The Balaban J connectivity index is 1.97. The Bertz CT molecular complexity index is 570. The fourth-order valence-electron chi connectivity index (χ4n) is 2.48. The monoisotopic (exact) mass is 303 g/mol. The topological polar surface area (TPSA) is 75.6 Å². The van der Waals surface area contributed by atoms with Gasteiger partial charge in [0.05, 0.1) is 0 Å². The normalized spacial score (nSPS) is 15.1. The van der Waals surface area contributed by atoms with Crippen molar-refractivity contribution in [3.63, 3.8) is 0 Å². The Kier molecular flexibility index (Phi) is 5.58. The lowest BCUT2D eigenvalue weighted by Crippen LogP contribution is -2.22. The number of nitrogens with one attached hydrogen (secondary N) is 1. The van der Waals surface area contributed by atoms with Gasteiger partial charge in [0.25, 0.3) is 0 Å². The molecule has 0 unspecified atom stereocenters. The van der Waals surface area contributed by atoms with E-state index in [-0.39, 0.29) is 18.4 Å². The van der Waals surface area contributed by atoms with E-state index in [2.05, 4.69) is 17.5 Å². The minimum absolute atomic E-state index is 0.0392. The molecule has 0 aliphatic heterocycles. The minimum Gasteiger partial charge on any atom is -0.482 e. The van der Waals surface area contributed by atoms with E-state index in [1.54, 1.807) is 18.2 Å². The molecule has 5 heteroatoms. The molecule has 0 bridgehead atoms. The molecule has 1 amide bonds. The molecule has 2 N–H and O–H groups in total. The van der Waals surface area contributed by atoms with Crippen LogP contribution in [0, 0.1) is 12.8 Å². The van der Waals surface area contributed by atoms with Gasteiger partial charge in [-0.15, -0.1) is 0 Å². The number of carbonyl (C=O) groups excluding carboxylic acids is 1. The molecule has 0 aromatic heterocycles. The molecular weight excluding hydrogens is 282 g/mol. The van der Waals surface area contributed by atoms with Crippen LogP contribution < -0.4 is 10.1 Å². The lowest BCUT2D eigenvalue weighted by atomic mass is 9.99. The third kappa shape index (κ3) is 4.62. The molecule has 0 atom stereocenters. The number of carboxylic acids is 1. The molecule has 0 radical (unpaired) electrons. The van der Waals surface area contributed by atoms with E-state index in [0.717, 1.165) is 36.9 Å². The number of aliphatic carboxylic acids is 1. The van der Waals surface area contributed by atoms with Gasteiger partial charge in [-0.2, -0.15) is 0 Å². The molecule has 2 rings (SSSR count). The zero-order chi connectivity index (χ0) is 15.9. The summed E-state index contributed by atoms with van der Waals surface area (Å²) in [6.07, 6.45) is 7.90. The van der Waals surface area contributed by atoms with Gasteiger partial charge < -0.3 is 15.2 Å². The van der Waals surface area contributed by atoms with Crippen LogP contribution in [0.2, 0.25) is 0 Å². The molecule has 118 valence electrons. The zero-order valence-corrected chi connectivity index (χ0v) is 12.7. The van der Waals surface area contributed by atoms with Crippen LogP contribution in [-0.2, 0) is 9.59 Å². The van der Waals surface area contributed by atoms with Crippen molar-refractivity contribution in [2.24, 2.45) is 5.92 Å². The van der Waals surface area contributed by atoms with Crippen LogP contribution in [0.15, 0.2) is 30.4 Å². The maximum Gasteiger partial charge on any atom is 0.341 e. The Labute approximate surface area is 130 Å². The second-order valence-electron chi connectivity index (χ2n) is 5.47. The highest BCUT2D eigenvalue weighted by atomic mass is 16.5. The van der Waals surface area contributed by atoms with E-state index in [9.17, 15) is 9.59 Å². The number of benzene rings is 1. The van der Waals surface area contributed by atoms with E-state index < -0.39 is 5.97 Å². The first-order valence-corrected chi connectivity index (χ1v) is 7.47. The summed E-state index contributed by atoms with van der Waals surface area (Å²) in [5, 5.41) is 11.6. The van der Waals surface area contributed by atoms with Crippen molar-refractivity contribution in [2.75, 3.05) is 11.9 Å². The molecule has 5 nitrogen and oxygen atoms in total. The SMILES string of the molecule is Cc1cc(OCC(=O)O)ccc1NC(=O)C1CCC=CCC1. The van der Waals surface area contributed by atoms with Gasteiger partial charge in [0.2, 0.25) is 5.91 Å². The molecule has 0 saturated carbocycles. The number of rotatable bonds is 5. The Morgan fingerprint density at radius 3 is 2.55 bits per heavy atom. The Hall–Kier alpha value is -2.30. The number of aryl methyl sites for hydroxylation is 1. The third-order valence-electron chi connectivity index (χ3n) is 3.72. The quantitative estimate of drug-likeness (QED) is 0.819. The van der Waals surface area contributed by atoms with Crippen molar-refractivity contribution >= 4 is 17.6 Å². The standard InChI is InChI=1S/C17H21NO4/c1-12-10-14(22-11-16(19)20)8-9-15(12)18-17(21)13-6-4-2-3-5-7-13/h2-3,8-10,13H,4-7,11H2,1H3,(H,18,21)(H,19,20). The van der Waals surface area contributed by atoms with Gasteiger partial charge in [-0.25, -0.2) is 4.79 Å². The van der Waals surface area contributed by atoms with Crippen molar-refractivity contribution < 1.29 is 19.4 Å². The van der Waals surface area contributed by atoms with Crippen LogP contribution in [0.25, 0.3) is 0 Å². The number of amides is 1. The number of carboxylic acid groups (broad SMARTS) is 1. The highest BCUT2D eigenvalue weighted by molar-refractivity contribution is 5.93. The zero-order valence-electron chi connectivity index (χ0n) is 12.7. The first-order valence-electron chi connectivity index (χ1n) is 7.47. The number of anilines is 1. The van der Waals surface area contributed by atoms with Crippen molar-refractivity contribution in [1.82, 2.24) is 0 Å². The summed E-state index contributed by atoms with van der Waals surface area (Å²) >= 11 is 0. The van der Waals surface area contributed by atoms with Crippen LogP contribution in [0.4, 0.5) is 5.69 Å². The van der Waals surface area contributed by atoms with Crippen LogP contribution in [-0.4, -0.2) is 23.6 Å². The smallest absolute Gasteiger partial charge is 0.341 e. The van der Waals surface area contributed by atoms with Crippen LogP contribution in [0.1, 0.15) is 31.2 Å². The summed E-state index contributed by atoms with van der Waals surface area (Å²) in [6, 6.07) is 5.15. The van der Waals surface area contributed by atoms with Crippen LogP contribution >= 0.6 is 0 Å². The first kappa shape index (κ1) is 16.1. The summed E-state index contributed by atoms with van der Waals surface area (Å²) in [5.41, 5.74) is 1.59. The van der Waals surface area contributed by atoms with Crippen LogP contribution in [0.5, 0.6) is 5.75 Å². The lowest BCUT2D eigenvalue weighted by Gasteiger charge is -2.16. The molecular formula is C17H21NO4. The van der Waals surface area contributed by atoms with Gasteiger partial charge in [0.15, 0.2) is 6.61 Å². The number of hydrogen-bond donors (Lipinski definition) is 2. The highest BCUT2D eigenvalue weighted by Gasteiger charge is 2.19. The van der Waals surface area contributed by atoms with E-state index in [4.69, 9.17) is 9.84 Å². The third-order valence-corrected chi connectivity index (χ3v) is 3.72. The molecule has 1 aliphatic rings. The van der Waals surface area contributed by atoms with Gasteiger partial charge in [-0.3, -0.25) is 4.79 Å². The second kappa shape index (κ2) is 7.64. The predicted octanol–water partition coefficient (Wildman–Crippen LogP) is 3.14. The highest BCUT2D eigenvalue weighted by Crippen LogP contribution is 2.24. The lowest BCUT2D eigenvalue weighted by molar-refractivity contribution is -0.139. The van der Waals surface area contributed by atoms with Crippen molar-refractivity contribution in [3.05, 3.63) is 35.9 Å². The molecule has 1 aromatic carbocycles. The fourth-order valence-corrected chi connectivity index (χ4v) is 2.48. The van der Waals surface area contributed by atoms with E-state index >= 15 is 0 Å². The van der Waals surface area contributed by atoms with E-state index in [1.165, 1.54) is 0 Å². The Morgan fingerprint density at radius 1 is 1.27 bits per heavy atom. The molecule has 0 heterocycles. The number of allylic oxidation sites excluding steroid dienone is 2. The summed E-state index contributed by atoms with van der Waals surface area (Å²) in [7, 11) is 0.